The number of aryl methyl sites for hydroxylation is 1. The highest BCUT2D eigenvalue weighted by atomic mass is 19.1. The largest absolute Gasteiger partial charge is 0.481 e. The van der Waals surface area contributed by atoms with E-state index in [1.54, 1.807) is 6.07 Å². The van der Waals surface area contributed by atoms with Crippen LogP contribution in [0.15, 0.2) is 18.2 Å². The number of fused-ring (bicyclic) bond motifs is 1. The minimum Gasteiger partial charge on any atom is -0.481 e. The Morgan fingerprint density at radius 1 is 1.06 bits per heavy atom. The van der Waals surface area contributed by atoms with E-state index >= 15 is 0 Å². The number of aliphatic carboxylic acids is 1. The molecular formula is C24H32FN3O3. The zero-order valence-electron chi connectivity index (χ0n) is 18.0. The Kier molecular flexibility index (Phi) is 6.30. The summed E-state index contributed by atoms with van der Waals surface area (Å²) in [6.07, 6.45) is 10.3. The molecule has 0 atom stereocenters. The number of benzene rings is 1. The molecule has 3 N–H and O–H groups in total. The van der Waals surface area contributed by atoms with Crippen molar-refractivity contribution in [3.05, 3.63) is 29.8 Å². The topological polar surface area (TPSA) is 98.2 Å². The van der Waals surface area contributed by atoms with Crippen LogP contribution >= 0.6 is 0 Å². The van der Waals surface area contributed by atoms with E-state index in [-0.39, 0.29) is 30.6 Å². The third kappa shape index (κ3) is 3.94. The Balaban J connectivity index is 1.97. The van der Waals surface area contributed by atoms with Crippen molar-refractivity contribution in [1.82, 2.24) is 9.55 Å². The van der Waals surface area contributed by atoms with Crippen LogP contribution in [0.25, 0.3) is 11.0 Å². The van der Waals surface area contributed by atoms with Crippen molar-refractivity contribution in [3.8, 4) is 0 Å². The quantitative estimate of drug-likeness (QED) is 0.675. The second kappa shape index (κ2) is 8.97. The number of carbonyl (C=O) groups excluding carboxylic acids is 1. The lowest BCUT2D eigenvalue weighted by atomic mass is 9.63. The Hall–Kier alpha value is -2.44. The summed E-state index contributed by atoms with van der Waals surface area (Å²) < 4.78 is 16.0. The number of primary amides is 1. The molecule has 168 valence electrons. The molecule has 1 aromatic carbocycles. The molecule has 6 nitrogen and oxygen atoms in total. The highest BCUT2D eigenvalue weighted by Crippen LogP contribution is 2.49. The predicted molar refractivity (Wildman–Crippen MR) is 116 cm³/mol. The number of imidazole rings is 1. The Morgan fingerprint density at radius 2 is 1.65 bits per heavy atom. The number of hydrogen-bond donors (Lipinski definition) is 2. The summed E-state index contributed by atoms with van der Waals surface area (Å²) in [6, 6.07) is 4.42. The second-order valence-electron chi connectivity index (χ2n) is 9.25. The first-order valence-corrected chi connectivity index (χ1v) is 11.6. The first kappa shape index (κ1) is 21.8. The molecule has 2 saturated carbocycles. The Morgan fingerprint density at radius 3 is 2.16 bits per heavy atom. The summed E-state index contributed by atoms with van der Waals surface area (Å²) in [5, 5.41) is 9.31. The lowest BCUT2D eigenvalue weighted by molar-refractivity contribution is -0.137. The molecule has 2 fully saturated rings. The molecular weight excluding hydrogens is 397 g/mol. The van der Waals surface area contributed by atoms with Gasteiger partial charge in [0, 0.05) is 12.5 Å². The number of halogens is 1. The summed E-state index contributed by atoms with van der Waals surface area (Å²) in [5.41, 5.74) is 6.47. The van der Waals surface area contributed by atoms with Gasteiger partial charge in [-0.1, -0.05) is 38.5 Å². The molecule has 1 aromatic heterocycles. The van der Waals surface area contributed by atoms with Crippen LogP contribution < -0.4 is 5.73 Å². The molecule has 4 rings (SSSR count). The van der Waals surface area contributed by atoms with Gasteiger partial charge in [0.05, 0.1) is 17.5 Å². The van der Waals surface area contributed by atoms with Crippen LogP contribution in [0.5, 0.6) is 0 Å². The van der Waals surface area contributed by atoms with E-state index in [2.05, 4.69) is 4.98 Å². The molecule has 2 aliphatic rings. The summed E-state index contributed by atoms with van der Waals surface area (Å²) >= 11 is 0. The van der Waals surface area contributed by atoms with Crippen LogP contribution in [0.2, 0.25) is 0 Å². The van der Waals surface area contributed by atoms with Gasteiger partial charge in [0.1, 0.15) is 17.2 Å². The van der Waals surface area contributed by atoms with Gasteiger partial charge in [-0.15, -0.1) is 0 Å². The van der Waals surface area contributed by atoms with Crippen molar-refractivity contribution in [2.24, 2.45) is 17.6 Å². The lowest BCUT2D eigenvalue weighted by Gasteiger charge is -2.48. The normalized spacial score (nSPS) is 19.0. The number of rotatable bonds is 7. The molecule has 7 heteroatoms. The molecule has 0 radical (unpaired) electrons. The van der Waals surface area contributed by atoms with Gasteiger partial charge in [0.15, 0.2) is 0 Å². The average Bonchev–Trinajstić information content (AvgIpc) is 3.12. The monoisotopic (exact) mass is 429 g/mol. The second-order valence-corrected chi connectivity index (χ2v) is 9.25. The number of carbonyl (C=O) groups is 2. The molecule has 31 heavy (non-hydrogen) atoms. The third-order valence-electron chi connectivity index (χ3n) is 7.47. The minimum atomic E-state index is -0.957. The minimum absolute atomic E-state index is 0.0767. The third-order valence-corrected chi connectivity index (χ3v) is 7.47. The van der Waals surface area contributed by atoms with Gasteiger partial charge >= 0.3 is 5.97 Å². The van der Waals surface area contributed by atoms with Crippen LogP contribution in [0.1, 0.15) is 76.5 Å². The van der Waals surface area contributed by atoms with E-state index in [0.29, 0.717) is 16.9 Å². The first-order valence-electron chi connectivity index (χ1n) is 11.6. The van der Waals surface area contributed by atoms with E-state index in [9.17, 15) is 19.1 Å². The van der Waals surface area contributed by atoms with Gasteiger partial charge in [0.2, 0.25) is 5.91 Å². The van der Waals surface area contributed by atoms with Gasteiger partial charge < -0.3 is 15.4 Å². The molecule has 1 heterocycles. The van der Waals surface area contributed by atoms with Gasteiger partial charge in [-0.05, 0) is 49.7 Å². The zero-order valence-corrected chi connectivity index (χ0v) is 18.0. The SMILES string of the molecule is NC(=O)C(C1CCCCC1)(C1CCCCC1)n1c(CCC(=O)O)nc2cc(F)ccc21. The Bertz CT molecular complexity index is 940. The summed E-state index contributed by atoms with van der Waals surface area (Å²) in [5.74, 6) is -1.00. The molecule has 0 unspecified atom stereocenters. The van der Waals surface area contributed by atoms with Crippen molar-refractivity contribution >= 4 is 22.9 Å². The van der Waals surface area contributed by atoms with Gasteiger partial charge in [-0.25, -0.2) is 9.37 Å². The number of nitrogens with zero attached hydrogens (tertiary/aromatic N) is 2. The van der Waals surface area contributed by atoms with Crippen LogP contribution in [-0.4, -0.2) is 26.5 Å². The fourth-order valence-electron chi connectivity index (χ4n) is 6.20. The van der Waals surface area contributed by atoms with Gasteiger partial charge in [0.25, 0.3) is 0 Å². The van der Waals surface area contributed by atoms with E-state index in [1.165, 1.54) is 12.1 Å². The highest BCUT2D eigenvalue weighted by molar-refractivity contribution is 5.87. The molecule has 1 amide bonds. The maximum atomic E-state index is 14.0. The van der Waals surface area contributed by atoms with Crippen LogP contribution in [0, 0.1) is 17.7 Å². The highest BCUT2D eigenvalue weighted by Gasteiger charge is 2.53. The maximum absolute atomic E-state index is 14.0. The number of carboxylic acids is 1. The molecule has 0 spiro atoms. The number of nitrogens with two attached hydrogens (primary N) is 1. The van der Waals surface area contributed by atoms with Crippen molar-refractivity contribution in [1.29, 1.82) is 0 Å². The van der Waals surface area contributed by atoms with E-state index in [1.807, 2.05) is 4.57 Å². The van der Waals surface area contributed by atoms with Crippen LogP contribution in [-0.2, 0) is 21.5 Å². The zero-order chi connectivity index (χ0) is 22.0. The van der Waals surface area contributed by atoms with E-state index < -0.39 is 17.3 Å². The predicted octanol–water partition coefficient (Wildman–Crippen LogP) is 4.53. The Labute approximate surface area is 182 Å². The van der Waals surface area contributed by atoms with Gasteiger partial charge in [-0.3, -0.25) is 9.59 Å². The van der Waals surface area contributed by atoms with Crippen molar-refractivity contribution in [3.63, 3.8) is 0 Å². The fraction of sp³-hybridized carbons (Fsp3) is 0.625. The fourth-order valence-corrected chi connectivity index (χ4v) is 6.20. The maximum Gasteiger partial charge on any atom is 0.303 e. The summed E-state index contributed by atoms with van der Waals surface area (Å²) in [7, 11) is 0. The van der Waals surface area contributed by atoms with Crippen molar-refractivity contribution in [2.45, 2.75) is 82.6 Å². The molecule has 0 saturated heterocycles. The number of amides is 1. The van der Waals surface area contributed by atoms with E-state index in [4.69, 9.17) is 5.73 Å². The van der Waals surface area contributed by atoms with E-state index in [0.717, 1.165) is 64.2 Å². The standard InChI is InChI=1S/C24H32FN3O3/c25-18-11-12-20-19(15-18)27-21(13-14-22(29)30)28(20)24(23(26)31,16-7-3-1-4-8-16)17-9-5-2-6-10-17/h11-12,15-17H,1-10,13-14H2,(H2,26,31)(H,29,30). The number of aromatic nitrogens is 2. The summed E-state index contributed by atoms with van der Waals surface area (Å²) in [6.45, 7) is 0. The number of hydrogen-bond acceptors (Lipinski definition) is 3. The average molecular weight is 430 g/mol. The van der Waals surface area contributed by atoms with Crippen molar-refractivity contribution in [2.75, 3.05) is 0 Å². The molecule has 0 aliphatic heterocycles. The smallest absolute Gasteiger partial charge is 0.303 e. The van der Waals surface area contributed by atoms with Crippen molar-refractivity contribution < 1.29 is 19.1 Å². The van der Waals surface area contributed by atoms with Crippen LogP contribution in [0.4, 0.5) is 4.39 Å². The molecule has 2 aliphatic carbocycles. The van der Waals surface area contributed by atoms with Gasteiger partial charge in [-0.2, -0.15) is 0 Å². The first-order chi connectivity index (χ1) is 14.9. The molecule has 2 aromatic rings. The van der Waals surface area contributed by atoms with Crippen LogP contribution in [0.3, 0.4) is 0 Å². The number of carboxylic acid groups (broad SMARTS) is 1. The lowest BCUT2D eigenvalue weighted by Crippen LogP contribution is -2.58. The molecule has 0 bridgehead atoms. The summed E-state index contributed by atoms with van der Waals surface area (Å²) in [4.78, 5) is 29.5.